The predicted octanol–water partition coefficient (Wildman–Crippen LogP) is 2.19. The Bertz CT molecular complexity index is 505. The molecule has 2 aliphatic heterocycles. The lowest BCUT2D eigenvalue weighted by Crippen LogP contribution is -2.49. The quantitative estimate of drug-likeness (QED) is 0.853. The number of piperidine rings is 1. The first-order valence-electron chi connectivity index (χ1n) is 8.92. The Morgan fingerprint density at radius 1 is 1.22 bits per heavy atom. The highest BCUT2D eigenvalue weighted by Crippen LogP contribution is 2.24. The third-order valence-corrected chi connectivity index (χ3v) is 5.20. The second-order valence-electron chi connectivity index (χ2n) is 6.68. The van der Waals surface area contributed by atoms with E-state index in [2.05, 4.69) is 24.0 Å². The molecule has 1 amide bonds. The second-order valence-corrected chi connectivity index (χ2v) is 6.68. The molecule has 0 N–H and O–H groups in total. The summed E-state index contributed by atoms with van der Waals surface area (Å²) in [6.07, 6.45) is 2.72. The molecular weight excluding hydrogens is 288 g/mol. The zero-order valence-electron chi connectivity index (χ0n) is 14.1. The highest BCUT2D eigenvalue weighted by molar-refractivity contribution is 5.76. The zero-order chi connectivity index (χ0) is 16.1. The maximum Gasteiger partial charge on any atom is 0.222 e. The van der Waals surface area contributed by atoms with Gasteiger partial charge < -0.3 is 14.5 Å². The van der Waals surface area contributed by atoms with E-state index in [-0.39, 0.29) is 12.0 Å². The molecule has 0 aliphatic carbocycles. The molecule has 126 valence electrons. The van der Waals surface area contributed by atoms with Crippen molar-refractivity contribution in [2.24, 2.45) is 5.92 Å². The average molecular weight is 316 g/mol. The van der Waals surface area contributed by atoms with Gasteiger partial charge >= 0.3 is 0 Å². The number of benzene rings is 1. The molecule has 0 aromatic heterocycles. The number of likely N-dealkylation sites (tertiary alicyclic amines) is 1. The van der Waals surface area contributed by atoms with Crippen LogP contribution in [0.25, 0.3) is 0 Å². The number of ether oxygens (including phenoxy) is 1. The monoisotopic (exact) mass is 316 g/mol. The molecule has 2 aliphatic rings. The van der Waals surface area contributed by atoms with Gasteiger partial charge in [-0.1, -0.05) is 37.3 Å². The summed E-state index contributed by atoms with van der Waals surface area (Å²) in [6.45, 7) is 7.89. The topological polar surface area (TPSA) is 32.8 Å². The Balaban J connectivity index is 1.51. The smallest absolute Gasteiger partial charge is 0.222 e. The van der Waals surface area contributed by atoms with Gasteiger partial charge in [0, 0.05) is 38.5 Å². The SMILES string of the molecule is CCN1CCO[C@@H]2CN(C(=O)CCc3ccccc3)CC[C@@H]2C1. The van der Waals surface area contributed by atoms with Gasteiger partial charge in [-0.3, -0.25) is 4.79 Å². The summed E-state index contributed by atoms with van der Waals surface area (Å²) in [7, 11) is 0. The minimum Gasteiger partial charge on any atom is -0.375 e. The number of amides is 1. The van der Waals surface area contributed by atoms with Crippen molar-refractivity contribution in [1.82, 2.24) is 9.80 Å². The molecule has 2 saturated heterocycles. The van der Waals surface area contributed by atoms with Crippen LogP contribution >= 0.6 is 0 Å². The summed E-state index contributed by atoms with van der Waals surface area (Å²) in [5.41, 5.74) is 1.24. The standard InChI is InChI=1S/C19H28N2O2/c1-2-20-12-13-23-18-15-21(11-10-17(18)14-20)19(22)9-8-16-6-4-3-5-7-16/h3-7,17-18H,2,8-15H2,1H3/t17-,18-/m1/s1. The molecule has 0 radical (unpaired) electrons. The molecule has 23 heavy (non-hydrogen) atoms. The minimum atomic E-state index is 0.223. The number of hydrogen-bond donors (Lipinski definition) is 0. The van der Waals surface area contributed by atoms with Crippen LogP contribution in [0.4, 0.5) is 0 Å². The van der Waals surface area contributed by atoms with Gasteiger partial charge in [0.15, 0.2) is 0 Å². The highest BCUT2D eigenvalue weighted by Gasteiger charge is 2.34. The number of carbonyl (C=O) groups is 1. The molecule has 2 fully saturated rings. The number of hydrogen-bond acceptors (Lipinski definition) is 3. The maximum atomic E-state index is 12.5. The molecule has 2 heterocycles. The fourth-order valence-electron chi connectivity index (χ4n) is 3.69. The van der Waals surface area contributed by atoms with Crippen molar-refractivity contribution in [3.8, 4) is 0 Å². The lowest BCUT2D eigenvalue weighted by Gasteiger charge is -2.38. The van der Waals surface area contributed by atoms with Crippen LogP contribution < -0.4 is 0 Å². The summed E-state index contributed by atoms with van der Waals surface area (Å²) in [4.78, 5) is 17.0. The van der Waals surface area contributed by atoms with Crippen molar-refractivity contribution in [3.05, 3.63) is 35.9 Å². The third kappa shape index (κ3) is 4.33. The molecular formula is C19H28N2O2. The van der Waals surface area contributed by atoms with Gasteiger partial charge in [-0.15, -0.1) is 0 Å². The first kappa shape index (κ1) is 16.5. The number of likely N-dealkylation sites (N-methyl/N-ethyl adjacent to an activating group) is 1. The van der Waals surface area contributed by atoms with E-state index in [1.165, 1.54) is 5.56 Å². The summed E-state index contributed by atoms with van der Waals surface area (Å²) >= 11 is 0. The van der Waals surface area contributed by atoms with Crippen molar-refractivity contribution in [3.63, 3.8) is 0 Å². The summed E-state index contributed by atoms with van der Waals surface area (Å²) < 4.78 is 6.05. The number of aryl methyl sites for hydroxylation is 1. The van der Waals surface area contributed by atoms with Crippen LogP contribution in [0.3, 0.4) is 0 Å². The number of rotatable bonds is 4. The first-order chi connectivity index (χ1) is 11.3. The van der Waals surface area contributed by atoms with Crippen molar-refractivity contribution in [1.29, 1.82) is 0 Å². The van der Waals surface area contributed by atoms with Crippen LogP contribution in [-0.2, 0) is 16.0 Å². The van der Waals surface area contributed by atoms with E-state index in [1.54, 1.807) is 0 Å². The van der Waals surface area contributed by atoms with Gasteiger partial charge in [-0.25, -0.2) is 0 Å². The van der Waals surface area contributed by atoms with Gasteiger partial charge in [-0.2, -0.15) is 0 Å². The molecule has 1 aromatic carbocycles. The molecule has 1 aromatic rings. The molecule has 0 saturated carbocycles. The van der Waals surface area contributed by atoms with E-state index >= 15 is 0 Å². The van der Waals surface area contributed by atoms with E-state index in [0.717, 1.165) is 52.2 Å². The van der Waals surface area contributed by atoms with E-state index in [4.69, 9.17) is 4.74 Å². The van der Waals surface area contributed by atoms with Gasteiger partial charge in [0.1, 0.15) is 0 Å². The molecule has 4 heteroatoms. The number of nitrogens with zero attached hydrogens (tertiary/aromatic N) is 2. The lowest BCUT2D eigenvalue weighted by atomic mass is 9.93. The van der Waals surface area contributed by atoms with Crippen LogP contribution in [0.5, 0.6) is 0 Å². The van der Waals surface area contributed by atoms with Gasteiger partial charge in [0.05, 0.1) is 12.7 Å². The Labute approximate surface area is 139 Å². The van der Waals surface area contributed by atoms with Crippen molar-refractivity contribution in [2.75, 3.05) is 39.3 Å². The predicted molar refractivity (Wildman–Crippen MR) is 91.3 cm³/mol. The molecule has 3 rings (SSSR count). The fourth-order valence-corrected chi connectivity index (χ4v) is 3.69. The van der Waals surface area contributed by atoms with Crippen LogP contribution in [-0.4, -0.2) is 61.1 Å². The molecule has 0 spiro atoms. The van der Waals surface area contributed by atoms with E-state index in [1.807, 2.05) is 23.1 Å². The van der Waals surface area contributed by atoms with Crippen LogP contribution in [0, 0.1) is 5.92 Å². The molecule has 2 atom stereocenters. The maximum absolute atomic E-state index is 12.5. The summed E-state index contributed by atoms with van der Waals surface area (Å²) in [6, 6.07) is 10.3. The lowest BCUT2D eigenvalue weighted by molar-refractivity contribution is -0.136. The Kier molecular flexibility index (Phi) is 5.68. The van der Waals surface area contributed by atoms with Crippen LogP contribution in [0.2, 0.25) is 0 Å². The first-order valence-corrected chi connectivity index (χ1v) is 8.92. The molecule has 0 bridgehead atoms. The molecule has 0 unspecified atom stereocenters. The van der Waals surface area contributed by atoms with E-state index < -0.39 is 0 Å². The van der Waals surface area contributed by atoms with Crippen LogP contribution in [0.1, 0.15) is 25.3 Å². The summed E-state index contributed by atoms with van der Waals surface area (Å²) in [5, 5.41) is 0. The third-order valence-electron chi connectivity index (χ3n) is 5.20. The van der Waals surface area contributed by atoms with E-state index in [9.17, 15) is 4.79 Å². The Morgan fingerprint density at radius 3 is 2.83 bits per heavy atom. The number of carbonyl (C=O) groups excluding carboxylic acids is 1. The van der Waals surface area contributed by atoms with Crippen molar-refractivity contribution >= 4 is 5.91 Å². The molecule has 4 nitrogen and oxygen atoms in total. The normalized spacial score (nSPS) is 25.7. The van der Waals surface area contributed by atoms with Crippen LogP contribution in [0.15, 0.2) is 30.3 Å². The largest absolute Gasteiger partial charge is 0.375 e. The Morgan fingerprint density at radius 2 is 2.04 bits per heavy atom. The zero-order valence-corrected chi connectivity index (χ0v) is 14.1. The van der Waals surface area contributed by atoms with E-state index in [0.29, 0.717) is 12.3 Å². The minimum absolute atomic E-state index is 0.223. The van der Waals surface area contributed by atoms with Crippen molar-refractivity contribution < 1.29 is 9.53 Å². The fraction of sp³-hybridized carbons (Fsp3) is 0.632. The Hall–Kier alpha value is -1.39. The van der Waals surface area contributed by atoms with Crippen molar-refractivity contribution in [2.45, 2.75) is 32.3 Å². The van der Waals surface area contributed by atoms with Gasteiger partial charge in [-0.05, 0) is 24.9 Å². The number of fused-ring (bicyclic) bond motifs is 1. The highest BCUT2D eigenvalue weighted by atomic mass is 16.5. The summed E-state index contributed by atoms with van der Waals surface area (Å²) in [5.74, 6) is 0.850. The second kappa shape index (κ2) is 7.93. The van der Waals surface area contributed by atoms with Gasteiger partial charge in [0.2, 0.25) is 5.91 Å². The average Bonchev–Trinajstić information content (AvgIpc) is 2.81. The van der Waals surface area contributed by atoms with Gasteiger partial charge in [0.25, 0.3) is 0 Å².